The van der Waals surface area contributed by atoms with Gasteiger partial charge in [0.25, 0.3) is 11.1 Å². The first-order valence-corrected chi connectivity index (χ1v) is 9.05. The second-order valence-electron chi connectivity index (χ2n) is 6.66. The molecule has 3 aromatic heterocycles. The highest BCUT2D eigenvalue weighted by molar-refractivity contribution is 5.75. The molecule has 0 unspecified atom stereocenters. The maximum atomic E-state index is 12.2. The smallest absolute Gasteiger partial charge is 0.267 e. The molecule has 0 bridgehead atoms. The minimum Gasteiger partial charge on any atom is -0.463 e. The molecular weight excluding hydrogens is 362 g/mol. The molecule has 1 aliphatic carbocycles. The zero-order valence-corrected chi connectivity index (χ0v) is 15.1. The molecule has 9 nitrogen and oxygen atoms in total. The summed E-state index contributed by atoms with van der Waals surface area (Å²) in [4.78, 5) is 40.5. The van der Waals surface area contributed by atoms with Crippen LogP contribution in [0.2, 0.25) is 0 Å². The number of carbonyl (C=O) groups is 1. The predicted octanol–water partition coefficient (Wildman–Crippen LogP) is 0.754. The third kappa shape index (κ3) is 4.08. The van der Waals surface area contributed by atoms with E-state index >= 15 is 0 Å². The van der Waals surface area contributed by atoms with Gasteiger partial charge in [-0.3, -0.25) is 19.0 Å². The summed E-state index contributed by atoms with van der Waals surface area (Å²) in [6.45, 7) is 0.328. The van der Waals surface area contributed by atoms with Gasteiger partial charge in [0.1, 0.15) is 12.2 Å². The topological polar surface area (TPSA) is 112 Å². The highest BCUT2D eigenvalue weighted by Gasteiger charge is 2.25. The van der Waals surface area contributed by atoms with E-state index in [4.69, 9.17) is 4.42 Å². The van der Waals surface area contributed by atoms with Crippen molar-refractivity contribution in [3.05, 3.63) is 69.3 Å². The standard InChI is InChI=1S/C19H19N5O4/c25-17(11-24-18(26)6-5-14(22-24)16-2-1-9-28-16)20-7-8-23-12-21-15(10-19(23)27)13-3-4-13/h1-2,5-6,9-10,12-13H,3-4,7-8,11H2,(H,20,25). The molecule has 28 heavy (non-hydrogen) atoms. The molecular formula is C19H19N5O4. The number of nitrogens with one attached hydrogen (secondary N) is 1. The average molecular weight is 381 g/mol. The van der Waals surface area contributed by atoms with Gasteiger partial charge in [-0.05, 0) is 31.0 Å². The molecule has 1 amide bonds. The van der Waals surface area contributed by atoms with Gasteiger partial charge < -0.3 is 9.73 Å². The van der Waals surface area contributed by atoms with Gasteiger partial charge in [0, 0.05) is 31.1 Å². The van der Waals surface area contributed by atoms with Crippen molar-refractivity contribution < 1.29 is 9.21 Å². The summed E-state index contributed by atoms with van der Waals surface area (Å²) >= 11 is 0. The highest BCUT2D eigenvalue weighted by atomic mass is 16.3. The number of rotatable bonds is 7. The van der Waals surface area contributed by atoms with E-state index in [-0.39, 0.29) is 30.1 Å². The molecule has 0 saturated heterocycles. The Labute approximate surface area is 159 Å². The van der Waals surface area contributed by atoms with Crippen molar-refractivity contribution in [1.82, 2.24) is 24.6 Å². The number of amides is 1. The van der Waals surface area contributed by atoms with Crippen LogP contribution in [0.3, 0.4) is 0 Å². The molecule has 3 aromatic rings. The maximum absolute atomic E-state index is 12.2. The van der Waals surface area contributed by atoms with Crippen molar-refractivity contribution in [3.63, 3.8) is 0 Å². The molecule has 3 heterocycles. The van der Waals surface area contributed by atoms with E-state index in [0.29, 0.717) is 23.9 Å². The molecule has 144 valence electrons. The molecule has 0 radical (unpaired) electrons. The van der Waals surface area contributed by atoms with Gasteiger partial charge in [-0.15, -0.1) is 0 Å². The number of carbonyl (C=O) groups excluding carboxylic acids is 1. The molecule has 1 N–H and O–H groups in total. The number of hydrogen-bond acceptors (Lipinski definition) is 6. The number of furan rings is 1. The van der Waals surface area contributed by atoms with Crippen LogP contribution in [0.15, 0.2) is 56.9 Å². The van der Waals surface area contributed by atoms with E-state index in [1.54, 1.807) is 24.3 Å². The summed E-state index contributed by atoms with van der Waals surface area (Å²) in [5.74, 6) is 0.558. The first-order chi connectivity index (χ1) is 13.6. The van der Waals surface area contributed by atoms with E-state index in [0.717, 1.165) is 23.2 Å². The van der Waals surface area contributed by atoms with Crippen molar-refractivity contribution in [2.75, 3.05) is 6.54 Å². The average Bonchev–Trinajstić information content (AvgIpc) is 3.39. The van der Waals surface area contributed by atoms with E-state index < -0.39 is 0 Å². The molecule has 9 heteroatoms. The van der Waals surface area contributed by atoms with E-state index in [9.17, 15) is 14.4 Å². The summed E-state index contributed by atoms with van der Waals surface area (Å²) in [7, 11) is 0. The third-order valence-corrected chi connectivity index (χ3v) is 4.50. The Balaban J connectivity index is 1.34. The summed E-state index contributed by atoms with van der Waals surface area (Å²) in [6, 6.07) is 7.87. The summed E-state index contributed by atoms with van der Waals surface area (Å²) < 4.78 is 7.78. The normalized spacial score (nSPS) is 13.4. The second kappa shape index (κ2) is 7.63. The Hall–Kier alpha value is -3.49. The van der Waals surface area contributed by atoms with Crippen molar-refractivity contribution in [2.45, 2.75) is 31.8 Å². The van der Waals surface area contributed by atoms with E-state index in [1.807, 2.05) is 0 Å². The lowest BCUT2D eigenvalue weighted by atomic mass is 10.3. The fourth-order valence-electron chi connectivity index (χ4n) is 2.84. The van der Waals surface area contributed by atoms with Crippen LogP contribution in [-0.4, -0.2) is 31.8 Å². The van der Waals surface area contributed by atoms with E-state index in [2.05, 4.69) is 15.4 Å². The summed E-state index contributed by atoms with van der Waals surface area (Å²) in [6.07, 6.45) is 5.19. The monoisotopic (exact) mass is 381 g/mol. The Morgan fingerprint density at radius 2 is 2.07 bits per heavy atom. The van der Waals surface area contributed by atoms with Gasteiger partial charge in [-0.2, -0.15) is 5.10 Å². The first kappa shape index (κ1) is 17.9. The van der Waals surface area contributed by atoms with Crippen molar-refractivity contribution in [2.24, 2.45) is 0 Å². The van der Waals surface area contributed by atoms with Crippen LogP contribution in [0.4, 0.5) is 0 Å². The lowest BCUT2D eigenvalue weighted by Crippen LogP contribution is -2.36. The quantitative estimate of drug-likeness (QED) is 0.646. The Bertz CT molecular complexity index is 1100. The fraction of sp³-hybridized carbons (Fsp3) is 0.316. The van der Waals surface area contributed by atoms with Gasteiger partial charge in [-0.25, -0.2) is 9.67 Å². The molecule has 1 saturated carbocycles. The molecule has 0 atom stereocenters. The van der Waals surface area contributed by atoms with Crippen molar-refractivity contribution >= 4 is 5.91 Å². The molecule has 0 aromatic carbocycles. The van der Waals surface area contributed by atoms with Crippen molar-refractivity contribution in [1.29, 1.82) is 0 Å². The molecule has 0 aliphatic heterocycles. The minimum absolute atomic E-state index is 0.129. The maximum Gasteiger partial charge on any atom is 0.267 e. The number of hydrogen-bond donors (Lipinski definition) is 1. The number of nitrogens with zero attached hydrogens (tertiary/aromatic N) is 4. The fourth-order valence-corrected chi connectivity index (χ4v) is 2.84. The summed E-state index contributed by atoms with van der Waals surface area (Å²) in [5, 5.41) is 6.84. The van der Waals surface area contributed by atoms with Crippen LogP contribution in [0, 0.1) is 0 Å². The Kier molecular flexibility index (Phi) is 4.88. The van der Waals surface area contributed by atoms with Gasteiger partial charge in [0.05, 0.1) is 18.3 Å². The lowest BCUT2D eigenvalue weighted by molar-refractivity contribution is -0.121. The van der Waals surface area contributed by atoms with Crippen LogP contribution in [0.25, 0.3) is 11.5 Å². The predicted molar refractivity (Wildman–Crippen MR) is 99.7 cm³/mol. The first-order valence-electron chi connectivity index (χ1n) is 9.05. The van der Waals surface area contributed by atoms with Gasteiger partial charge in [-0.1, -0.05) is 0 Å². The van der Waals surface area contributed by atoms with Gasteiger partial charge >= 0.3 is 0 Å². The van der Waals surface area contributed by atoms with Crippen LogP contribution in [-0.2, 0) is 17.9 Å². The SMILES string of the molecule is O=C(Cn1nc(-c2ccco2)ccc1=O)NCCn1cnc(C2CC2)cc1=O. The summed E-state index contributed by atoms with van der Waals surface area (Å²) in [5.41, 5.74) is 0.787. The molecule has 1 fully saturated rings. The second-order valence-corrected chi connectivity index (χ2v) is 6.66. The van der Waals surface area contributed by atoms with Gasteiger partial charge in [0.15, 0.2) is 5.76 Å². The zero-order chi connectivity index (χ0) is 19.5. The van der Waals surface area contributed by atoms with Gasteiger partial charge in [0.2, 0.25) is 5.91 Å². The lowest BCUT2D eigenvalue weighted by Gasteiger charge is -2.09. The Morgan fingerprint density at radius 1 is 1.21 bits per heavy atom. The highest BCUT2D eigenvalue weighted by Crippen LogP contribution is 2.38. The van der Waals surface area contributed by atoms with Crippen LogP contribution in [0.1, 0.15) is 24.5 Å². The molecule has 1 aliphatic rings. The minimum atomic E-state index is -0.387. The van der Waals surface area contributed by atoms with Crippen molar-refractivity contribution in [3.8, 4) is 11.5 Å². The van der Waals surface area contributed by atoms with Crippen LogP contribution in [0.5, 0.6) is 0 Å². The van der Waals surface area contributed by atoms with E-state index in [1.165, 1.54) is 23.2 Å². The number of aromatic nitrogens is 4. The molecule has 0 spiro atoms. The van der Waals surface area contributed by atoms with Crippen LogP contribution < -0.4 is 16.4 Å². The Morgan fingerprint density at radius 3 is 2.79 bits per heavy atom. The largest absolute Gasteiger partial charge is 0.463 e. The zero-order valence-electron chi connectivity index (χ0n) is 15.1. The van der Waals surface area contributed by atoms with Crippen LogP contribution >= 0.6 is 0 Å². The molecule has 4 rings (SSSR count). The third-order valence-electron chi connectivity index (χ3n) is 4.50.